The lowest BCUT2D eigenvalue weighted by Crippen LogP contribution is -2.35. The van der Waals surface area contributed by atoms with Crippen LogP contribution >= 0.6 is 0 Å². The summed E-state index contributed by atoms with van der Waals surface area (Å²) in [4.78, 5) is 10.2. The summed E-state index contributed by atoms with van der Waals surface area (Å²) in [6, 6.07) is 10.1. The Morgan fingerprint density at radius 3 is 2.17 bits per heavy atom. The molecule has 0 amide bonds. The van der Waals surface area contributed by atoms with Crippen molar-refractivity contribution in [3.63, 3.8) is 0 Å². The van der Waals surface area contributed by atoms with Crippen LogP contribution in [0.1, 0.15) is 11.1 Å². The summed E-state index contributed by atoms with van der Waals surface area (Å²) in [6.07, 6.45) is 4.14. The number of hydrogen-bond donors (Lipinski definition) is 1. The highest BCUT2D eigenvalue weighted by atomic mass is 32.3. The highest BCUT2D eigenvalue weighted by molar-refractivity contribution is 7.80. The van der Waals surface area contributed by atoms with E-state index in [0.717, 1.165) is 11.1 Å². The fraction of sp³-hybridized carbons (Fsp3) is 0.214. The third-order valence-corrected chi connectivity index (χ3v) is 3.56. The predicted molar refractivity (Wildman–Crippen MR) is 80.0 cm³/mol. The molecule has 1 aromatic heterocycles. The maximum Gasteiger partial charge on any atom is 0.397 e. The summed E-state index contributed by atoms with van der Waals surface area (Å²) in [6.45, 7) is 0.114. The van der Waals surface area contributed by atoms with Crippen LogP contribution in [0.25, 0.3) is 0 Å². The molecule has 1 aromatic carbocycles. The minimum Gasteiger partial charge on any atom is -0.264 e. The molecule has 23 heavy (non-hydrogen) atoms. The van der Waals surface area contributed by atoms with Gasteiger partial charge in [0, 0.05) is 24.3 Å². The van der Waals surface area contributed by atoms with Crippen molar-refractivity contribution in [2.75, 3.05) is 6.61 Å². The molecule has 2 aromatic rings. The van der Waals surface area contributed by atoms with Gasteiger partial charge >= 0.3 is 10.4 Å². The number of nitrogens with zero attached hydrogens (tertiary/aromatic N) is 2. The van der Waals surface area contributed by atoms with Crippen LogP contribution in [0.5, 0.6) is 0 Å². The molecule has 0 fully saturated rings. The Bertz CT molecular complexity index is 772. The van der Waals surface area contributed by atoms with E-state index in [2.05, 4.69) is 4.18 Å². The molecular weight excluding hydrogens is 324 g/mol. The molecule has 122 valence electrons. The number of non-ortho nitro benzene ring substituents is 1. The van der Waals surface area contributed by atoms with E-state index in [1.165, 1.54) is 12.1 Å². The van der Waals surface area contributed by atoms with E-state index >= 15 is 0 Å². The van der Waals surface area contributed by atoms with E-state index in [1.807, 2.05) is 12.1 Å². The van der Waals surface area contributed by atoms with Crippen LogP contribution < -0.4 is 4.57 Å². The van der Waals surface area contributed by atoms with Crippen LogP contribution in [0, 0.1) is 10.1 Å². The van der Waals surface area contributed by atoms with Gasteiger partial charge < -0.3 is 0 Å². The summed E-state index contributed by atoms with van der Waals surface area (Å²) < 4.78 is 35.3. The van der Waals surface area contributed by atoms with E-state index in [9.17, 15) is 18.5 Å². The predicted octanol–water partition coefficient (Wildman–Crippen LogP) is 1.29. The lowest BCUT2D eigenvalue weighted by molar-refractivity contribution is -0.697. The number of nitro benzene ring substituents is 1. The third kappa shape index (κ3) is 5.74. The largest absolute Gasteiger partial charge is 0.397 e. The average molecular weight is 339 g/mol. The van der Waals surface area contributed by atoms with Crippen LogP contribution in [0.3, 0.4) is 0 Å². The Kier molecular flexibility index (Phi) is 5.37. The maximum absolute atomic E-state index is 10.6. The van der Waals surface area contributed by atoms with E-state index in [1.54, 1.807) is 29.1 Å². The van der Waals surface area contributed by atoms with Gasteiger partial charge in [0.25, 0.3) is 5.69 Å². The lowest BCUT2D eigenvalue weighted by Gasteiger charge is -2.02. The van der Waals surface area contributed by atoms with Crippen molar-refractivity contribution in [3.05, 3.63) is 70.0 Å². The second kappa shape index (κ2) is 7.27. The molecule has 2 rings (SSSR count). The van der Waals surface area contributed by atoms with Gasteiger partial charge in [0.15, 0.2) is 18.9 Å². The van der Waals surface area contributed by atoms with Crippen LogP contribution in [0.15, 0.2) is 48.8 Å². The quantitative estimate of drug-likeness (QED) is 0.352. The molecule has 0 spiro atoms. The van der Waals surface area contributed by atoms with E-state index in [0.29, 0.717) is 6.42 Å². The van der Waals surface area contributed by atoms with Crippen molar-refractivity contribution in [1.29, 1.82) is 0 Å². The topological polar surface area (TPSA) is 111 Å². The highest BCUT2D eigenvalue weighted by Gasteiger charge is 2.08. The monoisotopic (exact) mass is 339 g/mol. The molecular formula is C14H15N2O6S+. The number of hydrogen-bond acceptors (Lipinski definition) is 5. The first kappa shape index (κ1) is 17.0. The molecule has 0 bridgehead atoms. The normalized spacial score (nSPS) is 11.3. The first-order chi connectivity index (χ1) is 10.8. The van der Waals surface area contributed by atoms with E-state index < -0.39 is 15.3 Å². The molecule has 0 saturated carbocycles. The first-order valence-electron chi connectivity index (χ1n) is 6.67. The van der Waals surface area contributed by atoms with Gasteiger partial charge in [-0.2, -0.15) is 8.42 Å². The average Bonchev–Trinajstić information content (AvgIpc) is 2.48. The zero-order valence-corrected chi connectivity index (χ0v) is 12.8. The Balaban J connectivity index is 1.93. The molecule has 9 heteroatoms. The molecule has 0 atom stereocenters. The van der Waals surface area contributed by atoms with Crippen LogP contribution in [0.4, 0.5) is 5.69 Å². The summed E-state index contributed by atoms with van der Waals surface area (Å²) in [5.41, 5.74) is 2.01. The van der Waals surface area contributed by atoms with Gasteiger partial charge in [0.2, 0.25) is 0 Å². The zero-order valence-electron chi connectivity index (χ0n) is 12.0. The molecule has 0 unspecified atom stereocenters. The minimum atomic E-state index is -4.41. The molecule has 1 heterocycles. The highest BCUT2D eigenvalue weighted by Crippen LogP contribution is 2.14. The van der Waals surface area contributed by atoms with Crippen LogP contribution in [-0.2, 0) is 27.5 Å². The summed E-state index contributed by atoms with van der Waals surface area (Å²) in [5.74, 6) is 0. The van der Waals surface area contributed by atoms with Crippen molar-refractivity contribution >= 4 is 16.1 Å². The lowest BCUT2D eigenvalue weighted by atomic mass is 10.1. The zero-order chi connectivity index (χ0) is 16.9. The summed E-state index contributed by atoms with van der Waals surface area (Å²) in [5, 5.41) is 10.6. The molecule has 0 radical (unpaired) electrons. The van der Waals surface area contributed by atoms with Gasteiger partial charge in [-0.05, 0) is 17.5 Å². The fourth-order valence-corrected chi connectivity index (χ4v) is 2.26. The van der Waals surface area contributed by atoms with Gasteiger partial charge in [-0.1, -0.05) is 12.1 Å². The Labute approximate surface area is 133 Å². The number of benzene rings is 1. The van der Waals surface area contributed by atoms with Gasteiger partial charge in [0.1, 0.15) is 6.61 Å². The molecule has 0 aliphatic rings. The minimum absolute atomic E-state index is 0.0542. The van der Waals surface area contributed by atoms with Gasteiger partial charge in [-0.3, -0.25) is 14.7 Å². The molecule has 1 N–H and O–H groups in total. The second-order valence-corrected chi connectivity index (χ2v) is 5.89. The van der Waals surface area contributed by atoms with Gasteiger partial charge in [-0.15, -0.1) is 0 Å². The number of pyridine rings is 1. The Morgan fingerprint density at radius 1 is 1.09 bits per heavy atom. The van der Waals surface area contributed by atoms with Crippen molar-refractivity contribution in [2.24, 2.45) is 0 Å². The number of rotatable bonds is 7. The second-order valence-electron chi connectivity index (χ2n) is 4.79. The van der Waals surface area contributed by atoms with Crippen molar-refractivity contribution in [1.82, 2.24) is 0 Å². The number of nitro groups is 1. The number of aromatic nitrogens is 1. The smallest absolute Gasteiger partial charge is 0.264 e. The third-order valence-electron chi connectivity index (χ3n) is 3.10. The molecule has 0 aliphatic carbocycles. The Hall–Kier alpha value is -2.36. The molecule has 0 aliphatic heterocycles. The summed E-state index contributed by atoms with van der Waals surface area (Å²) >= 11 is 0. The SMILES string of the molecule is O=[N+]([O-])c1ccc(Cc2cc[n+](CCOS(=O)(=O)O)cc2)cc1. The van der Waals surface area contributed by atoms with Crippen LogP contribution in [0.2, 0.25) is 0 Å². The standard InChI is InChI=1S/C14H14N2O6S/c17-16(18)14-3-1-12(2-4-14)11-13-5-7-15(8-6-13)9-10-22-23(19,20)21/h1-8H,9-11H2/p+1. The van der Waals surface area contributed by atoms with Crippen molar-refractivity contribution in [3.8, 4) is 0 Å². The molecule has 8 nitrogen and oxygen atoms in total. The molecule has 0 saturated heterocycles. The first-order valence-corrected chi connectivity index (χ1v) is 8.03. The van der Waals surface area contributed by atoms with Crippen LogP contribution in [-0.4, -0.2) is 24.5 Å². The van der Waals surface area contributed by atoms with Crippen molar-refractivity contribution < 1.29 is 26.6 Å². The van der Waals surface area contributed by atoms with Gasteiger partial charge in [0.05, 0.1) is 4.92 Å². The van der Waals surface area contributed by atoms with Gasteiger partial charge in [-0.25, -0.2) is 8.75 Å². The van der Waals surface area contributed by atoms with E-state index in [4.69, 9.17) is 4.55 Å². The summed E-state index contributed by atoms with van der Waals surface area (Å²) in [7, 11) is -4.41. The van der Waals surface area contributed by atoms with Crippen molar-refractivity contribution in [2.45, 2.75) is 13.0 Å². The Morgan fingerprint density at radius 2 is 1.65 bits per heavy atom. The fourth-order valence-electron chi connectivity index (χ4n) is 1.97. The maximum atomic E-state index is 10.6. The van der Waals surface area contributed by atoms with E-state index in [-0.39, 0.29) is 18.8 Å².